The second kappa shape index (κ2) is 8.89. The van der Waals surface area contributed by atoms with Crippen molar-refractivity contribution in [2.75, 3.05) is 18.5 Å². The predicted octanol–water partition coefficient (Wildman–Crippen LogP) is 4.41. The minimum absolute atomic E-state index is 0.188. The number of benzene rings is 2. The molecular formula is C20H15Br2NO6. The number of carbonyl (C=O) groups excluding carboxylic acids is 3. The van der Waals surface area contributed by atoms with Crippen LogP contribution in [-0.4, -0.2) is 36.2 Å². The van der Waals surface area contributed by atoms with E-state index in [4.69, 9.17) is 14.6 Å². The Kier molecular flexibility index (Phi) is 6.51. The maximum Gasteiger partial charge on any atom is 0.513 e. The van der Waals surface area contributed by atoms with Crippen LogP contribution < -0.4 is 10.1 Å². The fourth-order valence-corrected chi connectivity index (χ4v) is 4.14. The highest BCUT2D eigenvalue weighted by molar-refractivity contribution is 9.11. The number of rotatable bonds is 5. The zero-order valence-corrected chi connectivity index (χ0v) is 18.3. The fourth-order valence-electron chi connectivity index (χ4n) is 2.75. The molecule has 1 aliphatic rings. The predicted molar refractivity (Wildman–Crippen MR) is 114 cm³/mol. The zero-order chi connectivity index (χ0) is 21.1. The molecule has 0 fully saturated rings. The van der Waals surface area contributed by atoms with Gasteiger partial charge in [-0.15, -0.1) is 0 Å². The molecule has 2 aromatic rings. The topological polar surface area (TPSA) is 102 Å². The van der Waals surface area contributed by atoms with Crippen molar-refractivity contribution in [1.82, 2.24) is 0 Å². The van der Waals surface area contributed by atoms with Crippen LogP contribution in [0.4, 0.5) is 10.5 Å². The normalized spacial score (nSPS) is 13.8. The number of ether oxygens (including phenoxy) is 2. The molecule has 1 aliphatic heterocycles. The first-order valence-corrected chi connectivity index (χ1v) is 10.1. The number of Topliss-reactive ketones (excluding diaryl/α,β-unsaturated/α-hetero) is 1. The number of hydrogen-bond acceptors (Lipinski definition) is 6. The average Bonchev–Trinajstić information content (AvgIpc) is 2.99. The summed E-state index contributed by atoms with van der Waals surface area (Å²) in [6.45, 7) is 1.25. The molecule has 0 aromatic heterocycles. The summed E-state index contributed by atoms with van der Waals surface area (Å²) >= 11 is 6.70. The smallest absolute Gasteiger partial charge is 0.434 e. The lowest BCUT2D eigenvalue weighted by Gasteiger charge is -2.10. The Bertz CT molecular complexity index is 1020. The van der Waals surface area contributed by atoms with Gasteiger partial charge >= 0.3 is 6.16 Å². The van der Waals surface area contributed by atoms with Gasteiger partial charge in [-0.3, -0.25) is 9.59 Å². The van der Waals surface area contributed by atoms with E-state index in [-0.39, 0.29) is 18.3 Å². The van der Waals surface area contributed by atoms with E-state index in [1.54, 1.807) is 43.3 Å². The number of hydrogen-bond donors (Lipinski definition) is 2. The summed E-state index contributed by atoms with van der Waals surface area (Å²) in [6, 6.07) is 8.11. The third kappa shape index (κ3) is 4.58. The molecule has 0 atom stereocenters. The minimum atomic E-state index is -0.829. The molecule has 2 aromatic carbocycles. The van der Waals surface area contributed by atoms with Gasteiger partial charge in [0.2, 0.25) is 0 Å². The van der Waals surface area contributed by atoms with Gasteiger partial charge in [-0.2, -0.15) is 0 Å². The molecule has 1 amide bonds. The maximum absolute atomic E-state index is 12.4. The number of fused-ring (bicyclic) bond motifs is 1. The van der Waals surface area contributed by atoms with Crippen molar-refractivity contribution < 1.29 is 29.0 Å². The van der Waals surface area contributed by atoms with Gasteiger partial charge in [-0.25, -0.2) is 4.79 Å². The molecule has 0 saturated heterocycles. The van der Waals surface area contributed by atoms with Crippen LogP contribution >= 0.6 is 31.9 Å². The van der Waals surface area contributed by atoms with Crippen LogP contribution in [0.15, 0.2) is 39.3 Å². The van der Waals surface area contributed by atoms with Crippen molar-refractivity contribution >= 4 is 67.0 Å². The Labute approximate surface area is 183 Å². The number of aliphatic hydroxyl groups is 1. The number of ketones is 1. The summed E-state index contributed by atoms with van der Waals surface area (Å²) in [7, 11) is 0. The van der Waals surface area contributed by atoms with Gasteiger partial charge in [0.15, 0.2) is 11.5 Å². The highest BCUT2D eigenvalue weighted by Gasteiger charge is 2.25. The van der Waals surface area contributed by atoms with E-state index in [9.17, 15) is 14.4 Å². The van der Waals surface area contributed by atoms with E-state index in [0.29, 0.717) is 36.9 Å². The summed E-state index contributed by atoms with van der Waals surface area (Å²) < 4.78 is 10.9. The molecule has 150 valence electrons. The van der Waals surface area contributed by atoms with Gasteiger partial charge < -0.3 is 19.9 Å². The van der Waals surface area contributed by atoms with Gasteiger partial charge in [-0.1, -0.05) is 0 Å². The molecule has 7 nitrogen and oxygen atoms in total. The summed E-state index contributed by atoms with van der Waals surface area (Å²) in [5, 5.41) is 11.8. The van der Waals surface area contributed by atoms with E-state index in [1.165, 1.54) is 0 Å². The second-order valence-corrected chi connectivity index (χ2v) is 7.66. The summed E-state index contributed by atoms with van der Waals surface area (Å²) in [5.74, 6) is -0.497. The van der Waals surface area contributed by atoms with Crippen LogP contribution in [-0.2, 0) is 9.53 Å². The number of aliphatic hydroxyl groups excluding tert-OH is 1. The van der Waals surface area contributed by atoms with Gasteiger partial charge in [-0.05, 0) is 80.8 Å². The van der Waals surface area contributed by atoms with E-state index in [1.807, 2.05) is 0 Å². The molecule has 2 N–H and O–H groups in total. The second-order valence-electron chi connectivity index (χ2n) is 5.95. The molecular weight excluding hydrogens is 510 g/mol. The lowest BCUT2D eigenvalue weighted by atomic mass is 10.00. The van der Waals surface area contributed by atoms with Gasteiger partial charge in [0, 0.05) is 22.4 Å². The van der Waals surface area contributed by atoms with Crippen LogP contribution in [0.5, 0.6) is 5.75 Å². The third-order valence-corrected chi connectivity index (χ3v) is 5.23. The highest BCUT2D eigenvalue weighted by atomic mass is 79.9. The molecule has 0 saturated carbocycles. The van der Waals surface area contributed by atoms with Crippen molar-refractivity contribution in [3.05, 3.63) is 56.0 Å². The monoisotopic (exact) mass is 523 g/mol. The molecule has 3 rings (SSSR count). The average molecular weight is 525 g/mol. The van der Waals surface area contributed by atoms with Crippen LogP contribution in [0.1, 0.15) is 28.4 Å². The Hall–Kier alpha value is -2.49. The van der Waals surface area contributed by atoms with E-state index in [2.05, 4.69) is 37.2 Å². The SMILES string of the molecule is CCOC(=O)Oc1c(Br)cc(/C=C2\C(=O)Nc3ccc(C(=O)CO)cc32)cc1Br. The van der Waals surface area contributed by atoms with Crippen molar-refractivity contribution in [3.8, 4) is 5.75 Å². The minimum Gasteiger partial charge on any atom is -0.434 e. The number of carbonyl (C=O) groups is 3. The molecule has 0 radical (unpaired) electrons. The first kappa shape index (κ1) is 21.2. The van der Waals surface area contributed by atoms with Crippen LogP contribution in [0, 0.1) is 0 Å². The molecule has 0 unspecified atom stereocenters. The molecule has 0 bridgehead atoms. The Morgan fingerprint density at radius 3 is 2.48 bits per heavy atom. The van der Waals surface area contributed by atoms with Crippen molar-refractivity contribution in [1.29, 1.82) is 0 Å². The Morgan fingerprint density at radius 1 is 1.17 bits per heavy atom. The molecule has 0 spiro atoms. The van der Waals surface area contributed by atoms with Crippen molar-refractivity contribution in [2.24, 2.45) is 0 Å². The largest absolute Gasteiger partial charge is 0.513 e. The van der Waals surface area contributed by atoms with E-state index in [0.717, 1.165) is 0 Å². The summed E-state index contributed by atoms with van der Waals surface area (Å²) in [6.07, 6.45) is 0.822. The number of halogens is 2. The van der Waals surface area contributed by atoms with Crippen LogP contribution in [0.25, 0.3) is 11.6 Å². The van der Waals surface area contributed by atoms with Crippen LogP contribution in [0.2, 0.25) is 0 Å². The lowest BCUT2D eigenvalue weighted by Crippen LogP contribution is -2.10. The van der Waals surface area contributed by atoms with Crippen LogP contribution in [0.3, 0.4) is 0 Å². The fraction of sp³-hybridized carbons (Fsp3) is 0.150. The quantitative estimate of drug-likeness (QED) is 0.260. The number of anilines is 1. The Balaban J connectivity index is 1.98. The van der Waals surface area contributed by atoms with Crippen molar-refractivity contribution in [2.45, 2.75) is 6.92 Å². The first-order chi connectivity index (χ1) is 13.8. The molecule has 9 heteroatoms. The number of amides is 1. The molecule has 29 heavy (non-hydrogen) atoms. The molecule has 1 heterocycles. The Morgan fingerprint density at radius 2 is 1.86 bits per heavy atom. The van der Waals surface area contributed by atoms with Gasteiger partial charge in [0.1, 0.15) is 6.61 Å². The van der Waals surface area contributed by atoms with Gasteiger partial charge in [0.05, 0.1) is 15.6 Å². The lowest BCUT2D eigenvalue weighted by molar-refractivity contribution is -0.110. The number of nitrogens with one attached hydrogen (secondary N) is 1. The third-order valence-electron chi connectivity index (χ3n) is 4.05. The first-order valence-electron chi connectivity index (χ1n) is 8.49. The standard InChI is InChI=1S/C20H15Br2NO6/c1-2-28-20(27)29-18-14(21)6-10(7-15(18)22)5-13-12-8-11(17(25)9-24)3-4-16(12)23-19(13)26/h3-8,24H,2,9H2,1H3,(H,23,26)/b13-5-. The summed E-state index contributed by atoms with van der Waals surface area (Å²) in [5.41, 5.74) is 2.47. The summed E-state index contributed by atoms with van der Waals surface area (Å²) in [4.78, 5) is 35.8. The highest BCUT2D eigenvalue weighted by Crippen LogP contribution is 2.38. The van der Waals surface area contributed by atoms with E-state index >= 15 is 0 Å². The zero-order valence-electron chi connectivity index (χ0n) is 15.1. The molecule has 0 aliphatic carbocycles. The van der Waals surface area contributed by atoms with Crippen molar-refractivity contribution in [3.63, 3.8) is 0 Å². The maximum atomic E-state index is 12.4. The van der Waals surface area contributed by atoms with E-state index < -0.39 is 18.5 Å². The van der Waals surface area contributed by atoms with Gasteiger partial charge in [0.25, 0.3) is 5.91 Å².